The molecule has 0 aliphatic carbocycles. The van der Waals surface area contributed by atoms with Gasteiger partial charge < -0.3 is 15.8 Å². The maximum absolute atomic E-state index is 12.4. The quantitative estimate of drug-likeness (QED) is 0.378. The Balaban J connectivity index is 3.07. The number of hydrogen-bond donors (Lipinski definition) is 2. The first kappa shape index (κ1) is 15.0. The highest BCUT2D eigenvalue weighted by molar-refractivity contribution is 5.98. The number of amides is 1. The molecule has 0 unspecified atom stereocenters. The molecule has 1 aromatic rings. The second-order valence-corrected chi connectivity index (χ2v) is 5.55. The molecule has 0 aliphatic rings. The molecule has 0 saturated carbocycles. The monoisotopic (exact) mass is 263 g/mol. The third-order valence-corrected chi connectivity index (χ3v) is 2.84. The van der Waals surface area contributed by atoms with E-state index in [-0.39, 0.29) is 23.7 Å². The van der Waals surface area contributed by atoms with Crippen LogP contribution in [-0.4, -0.2) is 35.4 Å². The van der Waals surface area contributed by atoms with Crippen LogP contribution < -0.4 is 5.73 Å². The maximum atomic E-state index is 12.4. The van der Waals surface area contributed by atoms with Crippen LogP contribution in [0.1, 0.15) is 36.7 Å². The smallest absolute Gasteiger partial charge is 0.254 e. The van der Waals surface area contributed by atoms with Crippen molar-refractivity contribution >= 4 is 11.7 Å². The van der Waals surface area contributed by atoms with Crippen LogP contribution in [0.3, 0.4) is 0 Å². The topological polar surface area (TPSA) is 78.9 Å². The summed E-state index contributed by atoms with van der Waals surface area (Å²) < 4.78 is 0. The molecule has 0 bridgehead atoms. The van der Waals surface area contributed by atoms with E-state index in [1.54, 1.807) is 13.1 Å². The summed E-state index contributed by atoms with van der Waals surface area (Å²) in [5.74, 6) is -0.138. The van der Waals surface area contributed by atoms with Gasteiger partial charge in [0.25, 0.3) is 5.91 Å². The molecule has 0 heterocycles. The predicted molar refractivity (Wildman–Crippen MR) is 75.5 cm³/mol. The highest BCUT2D eigenvalue weighted by Gasteiger charge is 2.23. The van der Waals surface area contributed by atoms with Crippen LogP contribution in [-0.2, 0) is 5.41 Å². The minimum absolute atomic E-state index is 0.00379. The SMILES string of the molecule is CN(C/C(N)=N/O)C(=O)c1ccccc1C(C)(C)C. The van der Waals surface area contributed by atoms with E-state index in [1.807, 2.05) is 18.2 Å². The van der Waals surface area contributed by atoms with E-state index in [4.69, 9.17) is 10.9 Å². The van der Waals surface area contributed by atoms with Gasteiger partial charge in [-0.05, 0) is 17.0 Å². The first-order chi connectivity index (χ1) is 8.77. The normalized spacial score (nSPS) is 12.3. The van der Waals surface area contributed by atoms with Crippen molar-refractivity contribution < 1.29 is 10.0 Å². The van der Waals surface area contributed by atoms with E-state index >= 15 is 0 Å². The zero-order chi connectivity index (χ0) is 14.6. The Bertz CT molecular complexity index is 490. The average molecular weight is 263 g/mol. The van der Waals surface area contributed by atoms with Crippen LogP contribution in [0, 0.1) is 0 Å². The highest BCUT2D eigenvalue weighted by Crippen LogP contribution is 2.26. The molecule has 1 amide bonds. The zero-order valence-electron chi connectivity index (χ0n) is 11.8. The number of carbonyl (C=O) groups excluding carboxylic acids is 1. The molecule has 5 nitrogen and oxygen atoms in total. The van der Waals surface area contributed by atoms with Crippen molar-refractivity contribution in [3.63, 3.8) is 0 Å². The zero-order valence-corrected chi connectivity index (χ0v) is 11.8. The van der Waals surface area contributed by atoms with E-state index in [2.05, 4.69) is 25.9 Å². The van der Waals surface area contributed by atoms with Crippen LogP contribution >= 0.6 is 0 Å². The van der Waals surface area contributed by atoms with Gasteiger partial charge in [-0.1, -0.05) is 44.1 Å². The third-order valence-electron chi connectivity index (χ3n) is 2.84. The third kappa shape index (κ3) is 3.71. The van der Waals surface area contributed by atoms with Crippen LogP contribution in [0.5, 0.6) is 0 Å². The molecule has 19 heavy (non-hydrogen) atoms. The summed E-state index contributed by atoms with van der Waals surface area (Å²) in [6.07, 6.45) is 0. The van der Waals surface area contributed by atoms with Crippen molar-refractivity contribution in [2.75, 3.05) is 13.6 Å². The lowest BCUT2D eigenvalue weighted by molar-refractivity contribution is 0.0811. The Kier molecular flexibility index (Phi) is 4.53. The number of nitrogens with two attached hydrogens (primary N) is 1. The largest absolute Gasteiger partial charge is 0.409 e. The molecule has 0 radical (unpaired) electrons. The minimum Gasteiger partial charge on any atom is -0.409 e. The van der Waals surface area contributed by atoms with Crippen molar-refractivity contribution in [3.05, 3.63) is 35.4 Å². The van der Waals surface area contributed by atoms with Crippen molar-refractivity contribution in [1.82, 2.24) is 4.90 Å². The molecule has 5 heteroatoms. The lowest BCUT2D eigenvalue weighted by atomic mass is 9.83. The van der Waals surface area contributed by atoms with E-state index in [1.165, 1.54) is 4.90 Å². The number of likely N-dealkylation sites (N-methyl/N-ethyl adjacent to an activating group) is 1. The molecule has 3 N–H and O–H groups in total. The fourth-order valence-corrected chi connectivity index (χ4v) is 1.88. The van der Waals surface area contributed by atoms with Gasteiger partial charge in [0.1, 0.15) is 0 Å². The lowest BCUT2D eigenvalue weighted by Gasteiger charge is -2.25. The summed E-state index contributed by atoms with van der Waals surface area (Å²) in [6, 6.07) is 7.50. The molecular weight excluding hydrogens is 242 g/mol. The van der Waals surface area contributed by atoms with Crippen molar-refractivity contribution in [2.24, 2.45) is 10.9 Å². The molecule has 104 valence electrons. The number of rotatable bonds is 3. The molecule has 0 aromatic heterocycles. The van der Waals surface area contributed by atoms with Gasteiger partial charge in [0, 0.05) is 12.6 Å². The number of benzene rings is 1. The van der Waals surface area contributed by atoms with Gasteiger partial charge in [0.2, 0.25) is 0 Å². The molecule has 0 fully saturated rings. The number of carbonyl (C=O) groups is 1. The standard InChI is InChI=1S/C14H21N3O2/c1-14(2,3)11-8-6-5-7-10(11)13(18)17(4)9-12(15)16-19/h5-8,19H,9H2,1-4H3,(H2,15,16). The Morgan fingerprint density at radius 1 is 1.37 bits per heavy atom. The Morgan fingerprint density at radius 2 is 1.95 bits per heavy atom. The predicted octanol–water partition coefficient (Wildman–Crippen LogP) is 1.80. The number of nitrogens with zero attached hydrogens (tertiary/aromatic N) is 2. The fourth-order valence-electron chi connectivity index (χ4n) is 1.88. The van der Waals surface area contributed by atoms with Gasteiger partial charge in [-0.2, -0.15) is 0 Å². The minimum atomic E-state index is -0.142. The van der Waals surface area contributed by atoms with Gasteiger partial charge >= 0.3 is 0 Å². The Hall–Kier alpha value is -2.04. The van der Waals surface area contributed by atoms with Crippen molar-refractivity contribution in [1.29, 1.82) is 0 Å². The molecule has 0 saturated heterocycles. The maximum Gasteiger partial charge on any atom is 0.254 e. The van der Waals surface area contributed by atoms with E-state index in [0.29, 0.717) is 5.56 Å². The summed E-state index contributed by atoms with van der Waals surface area (Å²) in [6.45, 7) is 6.27. The second kappa shape index (κ2) is 5.73. The van der Waals surface area contributed by atoms with E-state index in [9.17, 15) is 4.79 Å². The Labute approximate surface area is 113 Å². The molecule has 1 aromatic carbocycles. The highest BCUT2D eigenvalue weighted by atomic mass is 16.4. The van der Waals surface area contributed by atoms with E-state index < -0.39 is 0 Å². The molecule has 0 aliphatic heterocycles. The fraction of sp³-hybridized carbons (Fsp3) is 0.429. The molecule has 0 spiro atoms. The van der Waals surface area contributed by atoms with Crippen LogP contribution in [0.25, 0.3) is 0 Å². The van der Waals surface area contributed by atoms with Gasteiger partial charge in [-0.15, -0.1) is 0 Å². The molecular formula is C14H21N3O2. The molecule has 0 atom stereocenters. The lowest BCUT2D eigenvalue weighted by Crippen LogP contribution is -2.36. The van der Waals surface area contributed by atoms with Crippen LogP contribution in [0.4, 0.5) is 0 Å². The summed E-state index contributed by atoms with van der Waals surface area (Å²) in [5.41, 5.74) is 6.92. The first-order valence-corrected chi connectivity index (χ1v) is 6.08. The summed E-state index contributed by atoms with van der Waals surface area (Å²) in [7, 11) is 1.62. The van der Waals surface area contributed by atoms with Gasteiger partial charge in [0.05, 0.1) is 6.54 Å². The summed E-state index contributed by atoms with van der Waals surface area (Å²) >= 11 is 0. The number of amidine groups is 1. The Morgan fingerprint density at radius 3 is 2.47 bits per heavy atom. The van der Waals surface area contributed by atoms with Crippen molar-refractivity contribution in [3.8, 4) is 0 Å². The van der Waals surface area contributed by atoms with Crippen molar-refractivity contribution in [2.45, 2.75) is 26.2 Å². The van der Waals surface area contributed by atoms with Gasteiger partial charge in [-0.3, -0.25) is 4.79 Å². The van der Waals surface area contributed by atoms with Crippen LogP contribution in [0.2, 0.25) is 0 Å². The number of oxime groups is 1. The van der Waals surface area contributed by atoms with Gasteiger partial charge in [-0.25, -0.2) is 0 Å². The first-order valence-electron chi connectivity index (χ1n) is 6.08. The van der Waals surface area contributed by atoms with Crippen LogP contribution in [0.15, 0.2) is 29.4 Å². The molecule has 1 rings (SSSR count). The summed E-state index contributed by atoms with van der Waals surface area (Å²) in [4.78, 5) is 13.8. The van der Waals surface area contributed by atoms with Gasteiger partial charge in [0.15, 0.2) is 5.84 Å². The number of hydrogen-bond acceptors (Lipinski definition) is 3. The summed E-state index contributed by atoms with van der Waals surface area (Å²) in [5, 5.41) is 11.4. The average Bonchev–Trinajstić information content (AvgIpc) is 2.36. The second-order valence-electron chi connectivity index (χ2n) is 5.55. The van der Waals surface area contributed by atoms with E-state index in [0.717, 1.165) is 5.56 Å².